The first-order chi connectivity index (χ1) is 8.95. The minimum absolute atomic E-state index is 0.227. The van der Waals surface area contributed by atoms with Crippen molar-refractivity contribution in [3.05, 3.63) is 28.8 Å². The number of aliphatic carboxylic acids is 1. The number of benzene rings is 1. The maximum atomic E-state index is 10.7. The van der Waals surface area contributed by atoms with Crippen LogP contribution in [0.2, 0.25) is 5.02 Å². The number of aliphatic hydroxyl groups is 1. The number of hydrogen-bond donors (Lipinski definition) is 2. The molecule has 0 unspecified atom stereocenters. The third-order valence-corrected chi connectivity index (χ3v) is 3.29. The van der Waals surface area contributed by atoms with E-state index >= 15 is 0 Å². The molecule has 0 bridgehead atoms. The van der Waals surface area contributed by atoms with Gasteiger partial charge in [-0.25, -0.2) is 4.79 Å². The first-order valence-corrected chi connectivity index (χ1v) is 6.42. The highest BCUT2D eigenvalue weighted by Crippen LogP contribution is 2.27. The van der Waals surface area contributed by atoms with Crippen molar-refractivity contribution in [2.75, 3.05) is 13.1 Å². The van der Waals surface area contributed by atoms with Gasteiger partial charge in [0.15, 0.2) is 6.10 Å². The lowest BCUT2D eigenvalue weighted by Gasteiger charge is -2.35. The molecule has 0 radical (unpaired) electrons. The van der Waals surface area contributed by atoms with E-state index in [4.69, 9.17) is 21.4 Å². The SMILES string of the molecule is C[C@@H](Oc1ccc(CN2CC(O)C2)cc1Cl)C(=O)O. The molecule has 1 aliphatic rings. The summed E-state index contributed by atoms with van der Waals surface area (Å²) < 4.78 is 5.24. The van der Waals surface area contributed by atoms with Crippen molar-refractivity contribution in [2.45, 2.75) is 25.7 Å². The van der Waals surface area contributed by atoms with Crippen LogP contribution in [0.1, 0.15) is 12.5 Å². The lowest BCUT2D eigenvalue weighted by Crippen LogP contribution is -2.49. The van der Waals surface area contributed by atoms with Crippen LogP contribution in [0.4, 0.5) is 0 Å². The lowest BCUT2D eigenvalue weighted by molar-refractivity contribution is -0.144. The van der Waals surface area contributed by atoms with Crippen LogP contribution in [0, 0.1) is 0 Å². The summed E-state index contributed by atoms with van der Waals surface area (Å²) in [7, 11) is 0. The molecule has 2 N–H and O–H groups in total. The van der Waals surface area contributed by atoms with Crippen LogP contribution in [0.15, 0.2) is 18.2 Å². The van der Waals surface area contributed by atoms with E-state index in [2.05, 4.69) is 4.90 Å². The number of ether oxygens (including phenoxy) is 1. The Morgan fingerprint density at radius 3 is 2.79 bits per heavy atom. The Labute approximate surface area is 116 Å². The molecular formula is C13H16ClNO4. The van der Waals surface area contributed by atoms with Crippen LogP contribution in [0.25, 0.3) is 0 Å². The zero-order valence-electron chi connectivity index (χ0n) is 10.5. The Kier molecular flexibility index (Phi) is 4.29. The number of carboxylic acid groups (broad SMARTS) is 1. The molecule has 0 aliphatic carbocycles. The highest BCUT2D eigenvalue weighted by Gasteiger charge is 2.24. The molecule has 104 valence electrons. The van der Waals surface area contributed by atoms with Crippen molar-refractivity contribution < 1.29 is 19.7 Å². The average Bonchev–Trinajstić information content (AvgIpc) is 2.30. The summed E-state index contributed by atoms with van der Waals surface area (Å²) >= 11 is 6.07. The van der Waals surface area contributed by atoms with Crippen LogP contribution in [-0.4, -0.2) is 46.4 Å². The van der Waals surface area contributed by atoms with E-state index in [1.807, 2.05) is 6.07 Å². The summed E-state index contributed by atoms with van der Waals surface area (Å²) in [5.74, 6) is -0.668. The van der Waals surface area contributed by atoms with Gasteiger partial charge in [0.2, 0.25) is 0 Å². The van der Waals surface area contributed by atoms with Crippen molar-refractivity contribution in [3.63, 3.8) is 0 Å². The van der Waals surface area contributed by atoms with E-state index in [9.17, 15) is 9.90 Å². The van der Waals surface area contributed by atoms with Crippen molar-refractivity contribution in [1.29, 1.82) is 0 Å². The lowest BCUT2D eigenvalue weighted by atomic mass is 10.1. The minimum Gasteiger partial charge on any atom is -0.479 e. The smallest absolute Gasteiger partial charge is 0.344 e. The van der Waals surface area contributed by atoms with Gasteiger partial charge in [-0.2, -0.15) is 0 Å². The van der Waals surface area contributed by atoms with Gasteiger partial charge >= 0.3 is 5.97 Å². The topological polar surface area (TPSA) is 70.0 Å². The Morgan fingerprint density at radius 1 is 1.58 bits per heavy atom. The zero-order chi connectivity index (χ0) is 14.0. The molecule has 0 spiro atoms. The van der Waals surface area contributed by atoms with E-state index in [1.165, 1.54) is 6.92 Å². The highest BCUT2D eigenvalue weighted by molar-refractivity contribution is 6.32. The second kappa shape index (κ2) is 5.77. The van der Waals surface area contributed by atoms with Crippen LogP contribution in [0.3, 0.4) is 0 Å². The van der Waals surface area contributed by atoms with Crippen molar-refractivity contribution in [3.8, 4) is 5.75 Å². The van der Waals surface area contributed by atoms with Crippen LogP contribution < -0.4 is 4.74 Å². The Balaban J connectivity index is 1.98. The van der Waals surface area contributed by atoms with E-state index in [0.29, 0.717) is 30.4 Å². The number of carboxylic acids is 1. The minimum atomic E-state index is -1.03. The van der Waals surface area contributed by atoms with Gasteiger partial charge in [-0.3, -0.25) is 4.90 Å². The van der Waals surface area contributed by atoms with Crippen LogP contribution in [0.5, 0.6) is 5.75 Å². The second-order valence-corrected chi connectivity index (χ2v) is 5.12. The fourth-order valence-corrected chi connectivity index (χ4v) is 2.16. The molecule has 1 heterocycles. The van der Waals surface area contributed by atoms with Gasteiger partial charge in [0.05, 0.1) is 11.1 Å². The number of carbonyl (C=O) groups is 1. The maximum absolute atomic E-state index is 10.7. The first kappa shape index (κ1) is 14.1. The fraction of sp³-hybridized carbons (Fsp3) is 0.462. The number of β-amino-alcohol motifs (C(OH)–C–C–N with tert-alkyl or cyclic N) is 1. The molecule has 1 fully saturated rings. The van der Waals surface area contributed by atoms with Gasteiger partial charge in [-0.1, -0.05) is 17.7 Å². The standard InChI is InChI=1S/C13H16ClNO4/c1-8(13(17)18)19-12-3-2-9(4-11(12)14)5-15-6-10(16)7-15/h2-4,8,10,16H,5-7H2,1H3,(H,17,18)/t8-/m1/s1. The highest BCUT2D eigenvalue weighted by atomic mass is 35.5. The Morgan fingerprint density at radius 2 is 2.26 bits per heavy atom. The number of rotatable bonds is 5. The summed E-state index contributed by atoms with van der Waals surface area (Å²) in [5, 5.41) is 18.4. The summed E-state index contributed by atoms with van der Waals surface area (Å²) in [4.78, 5) is 12.8. The molecule has 2 rings (SSSR count). The normalized spacial score (nSPS) is 17.8. The molecule has 0 aromatic heterocycles. The molecule has 1 aliphatic heterocycles. The zero-order valence-corrected chi connectivity index (χ0v) is 11.3. The molecule has 0 saturated carbocycles. The predicted molar refractivity (Wildman–Crippen MR) is 70.5 cm³/mol. The number of nitrogens with zero attached hydrogens (tertiary/aromatic N) is 1. The van der Waals surface area contributed by atoms with Gasteiger partial charge in [-0.15, -0.1) is 0 Å². The molecule has 1 atom stereocenters. The number of aliphatic hydroxyl groups excluding tert-OH is 1. The predicted octanol–water partition coefficient (Wildman–Crippen LogP) is 1.37. The van der Waals surface area contributed by atoms with Gasteiger partial charge in [-0.05, 0) is 24.6 Å². The van der Waals surface area contributed by atoms with Gasteiger partial charge in [0.1, 0.15) is 5.75 Å². The molecule has 0 amide bonds. The summed E-state index contributed by atoms with van der Waals surface area (Å²) in [5.41, 5.74) is 1.01. The van der Waals surface area contributed by atoms with Crippen LogP contribution in [-0.2, 0) is 11.3 Å². The summed E-state index contributed by atoms with van der Waals surface area (Å²) in [6, 6.07) is 5.28. The fourth-order valence-electron chi connectivity index (χ4n) is 1.91. The molecule has 1 aromatic carbocycles. The van der Waals surface area contributed by atoms with Gasteiger partial charge < -0.3 is 14.9 Å². The van der Waals surface area contributed by atoms with E-state index in [1.54, 1.807) is 12.1 Å². The maximum Gasteiger partial charge on any atom is 0.344 e. The molecule has 5 nitrogen and oxygen atoms in total. The van der Waals surface area contributed by atoms with Crippen molar-refractivity contribution in [1.82, 2.24) is 4.90 Å². The molecule has 6 heteroatoms. The first-order valence-electron chi connectivity index (χ1n) is 6.04. The summed E-state index contributed by atoms with van der Waals surface area (Å²) in [6.07, 6.45) is -1.16. The average molecular weight is 286 g/mol. The monoisotopic (exact) mass is 285 g/mol. The van der Waals surface area contributed by atoms with Crippen molar-refractivity contribution in [2.24, 2.45) is 0 Å². The molecule has 19 heavy (non-hydrogen) atoms. The molecule has 1 aromatic rings. The quantitative estimate of drug-likeness (QED) is 0.855. The largest absolute Gasteiger partial charge is 0.479 e. The van der Waals surface area contributed by atoms with E-state index in [-0.39, 0.29) is 6.10 Å². The third kappa shape index (κ3) is 3.59. The number of halogens is 1. The number of hydrogen-bond acceptors (Lipinski definition) is 4. The summed E-state index contributed by atoms with van der Waals surface area (Å²) in [6.45, 7) is 3.51. The van der Waals surface area contributed by atoms with Gasteiger partial charge in [0.25, 0.3) is 0 Å². The molecular weight excluding hydrogens is 270 g/mol. The van der Waals surface area contributed by atoms with E-state index in [0.717, 1.165) is 5.56 Å². The Hall–Kier alpha value is -1.30. The third-order valence-electron chi connectivity index (χ3n) is 2.99. The Bertz CT molecular complexity index is 474. The van der Waals surface area contributed by atoms with Crippen LogP contribution >= 0.6 is 11.6 Å². The van der Waals surface area contributed by atoms with Gasteiger partial charge in [0, 0.05) is 19.6 Å². The van der Waals surface area contributed by atoms with E-state index < -0.39 is 12.1 Å². The second-order valence-electron chi connectivity index (χ2n) is 4.71. The van der Waals surface area contributed by atoms with Crippen molar-refractivity contribution >= 4 is 17.6 Å². The number of likely N-dealkylation sites (tertiary alicyclic amines) is 1. The molecule has 1 saturated heterocycles.